The summed E-state index contributed by atoms with van der Waals surface area (Å²) >= 11 is 4.89. The number of ether oxygens (including phenoxy) is 1. The minimum Gasteiger partial charge on any atom is -0.389 e. The molecule has 0 radical (unpaired) electrons. The monoisotopic (exact) mass is 300 g/mol. The van der Waals surface area contributed by atoms with E-state index in [2.05, 4.69) is 5.32 Å². The van der Waals surface area contributed by atoms with Crippen molar-refractivity contribution in [3.63, 3.8) is 0 Å². The highest BCUT2D eigenvalue weighted by molar-refractivity contribution is 7.80. The maximum Gasteiger partial charge on any atom is 0.258 e. The zero-order chi connectivity index (χ0) is 15.2. The van der Waals surface area contributed by atoms with Gasteiger partial charge in [0, 0.05) is 18.4 Å². The average Bonchev–Trinajstić information content (AvgIpc) is 2.49. The second-order valence-electron chi connectivity index (χ2n) is 4.46. The van der Waals surface area contributed by atoms with Crippen LogP contribution in [-0.2, 0) is 9.53 Å². The van der Waals surface area contributed by atoms with Crippen molar-refractivity contribution in [2.45, 2.75) is 6.10 Å². The Bertz CT molecular complexity index is 626. The van der Waals surface area contributed by atoms with Crippen LogP contribution < -0.4 is 11.1 Å². The first-order valence-corrected chi connectivity index (χ1v) is 6.81. The van der Waals surface area contributed by atoms with E-state index in [1.807, 2.05) is 30.3 Å². The largest absolute Gasteiger partial charge is 0.389 e. The van der Waals surface area contributed by atoms with Gasteiger partial charge in [0.2, 0.25) is 0 Å². The fourth-order valence-corrected chi connectivity index (χ4v) is 2.08. The number of rotatable bonds is 5. The van der Waals surface area contributed by atoms with Gasteiger partial charge in [0.1, 0.15) is 4.99 Å². The first-order chi connectivity index (χ1) is 10.1. The Hall–Kier alpha value is -2.24. The lowest BCUT2D eigenvalue weighted by Gasteiger charge is -2.15. The first-order valence-electron chi connectivity index (χ1n) is 6.40. The molecule has 3 N–H and O–H groups in total. The second kappa shape index (κ2) is 6.97. The number of nitrogens with one attached hydrogen (secondary N) is 1. The summed E-state index contributed by atoms with van der Waals surface area (Å²) in [4.78, 5) is 12.6. The van der Waals surface area contributed by atoms with Gasteiger partial charge in [-0.05, 0) is 29.8 Å². The lowest BCUT2D eigenvalue weighted by atomic mass is 10.1. The van der Waals surface area contributed by atoms with E-state index in [9.17, 15) is 4.79 Å². The minimum absolute atomic E-state index is 0.230. The highest BCUT2D eigenvalue weighted by Crippen LogP contribution is 2.19. The smallest absolute Gasteiger partial charge is 0.258 e. The summed E-state index contributed by atoms with van der Waals surface area (Å²) in [6, 6.07) is 16.4. The standard InChI is InChI=1S/C16H16N2O2S/c1-20-14(11-5-3-2-4-6-11)16(19)18-13-9-7-12(8-10-13)15(17)21/h2-10,14H,1H3,(H2,17,21)(H,18,19). The topological polar surface area (TPSA) is 64.3 Å². The van der Waals surface area contributed by atoms with E-state index < -0.39 is 6.10 Å². The van der Waals surface area contributed by atoms with Gasteiger partial charge < -0.3 is 15.8 Å². The number of amides is 1. The van der Waals surface area contributed by atoms with Crippen molar-refractivity contribution in [1.29, 1.82) is 0 Å². The molecular formula is C16H16N2O2S. The number of hydrogen-bond donors (Lipinski definition) is 2. The zero-order valence-electron chi connectivity index (χ0n) is 11.6. The molecule has 0 saturated carbocycles. The number of anilines is 1. The van der Waals surface area contributed by atoms with Gasteiger partial charge in [-0.25, -0.2) is 0 Å². The van der Waals surface area contributed by atoms with Crippen molar-refractivity contribution in [1.82, 2.24) is 0 Å². The Balaban J connectivity index is 2.11. The molecule has 1 amide bonds. The molecule has 0 aromatic heterocycles. The van der Waals surface area contributed by atoms with Crippen molar-refractivity contribution >= 4 is 28.8 Å². The van der Waals surface area contributed by atoms with E-state index in [1.54, 1.807) is 24.3 Å². The molecule has 0 saturated heterocycles. The minimum atomic E-state index is -0.651. The van der Waals surface area contributed by atoms with Gasteiger partial charge in [-0.15, -0.1) is 0 Å². The molecule has 0 heterocycles. The van der Waals surface area contributed by atoms with Gasteiger partial charge >= 0.3 is 0 Å². The molecule has 0 aliphatic heterocycles. The van der Waals surface area contributed by atoms with Crippen molar-refractivity contribution in [3.8, 4) is 0 Å². The molecule has 1 unspecified atom stereocenters. The summed E-state index contributed by atoms with van der Waals surface area (Å²) in [6.07, 6.45) is -0.651. The Kier molecular flexibility index (Phi) is 5.03. The third-order valence-corrected chi connectivity index (χ3v) is 3.25. The van der Waals surface area contributed by atoms with Crippen LogP contribution in [0.4, 0.5) is 5.69 Å². The summed E-state index contributed by atoms with van der Waals surface area (Å²) in [5.74, 6) is -0.230. The van der Waals surface area contributed by atoms with Gasteiger partial charge in [-0.3, -0.25) is 4.79 Å². The lowest BCUT2D eigenvalue weighted by molar-refractivity contribution is -0.126. The summed E-state index contributed by atoms with van der Waals surface area (Å²) in [7, 11) is 1.51. The number of carbonyl (C=O) groups is 1. The Morgan fingerprint density at radius 3 is 2.29 bits per heavy atom. The normalized spacial score (nSPS) is 11.7. The third-order valence-electron chi connectivity index (χ3n) is 3.01. The Morgan fingerprint density at radius 2 is 1.76 bits per heavy atom. The van der Waals surface area contributed by atoms with E-state index in [0.717, 1.165) is 11.1 Å². The van der Waals surface area contributed by atoms with Gasteiger partial charge in [-0.2, -0.15) is 0 Å². The number of hydrogen-bond acceptors (Lipinski definition) is 3. The summed E-state index contributed by atoms with van der Waals surface area (Å²) < 4.78 is 5.28. The molecule has 5 heteroatoms. The van der Waals surface area contributed by atoms with E-state index in [1.165, 1.54) is 7.11 Å². The molecule has 4 nitrogen and oxygen atoms in total. The van der Waals surface area contributed by atoms with Crippen LogP contribution in [0.15, 0.2) is 54.6 Å². The quantitative estimate of drug-likeness (QED) is 0.833. The SMILES string of the molecule is COC(C(=O)Nc1ccc(C(N)=S)cc1)c1ccccc1. The van der Waals surface area contributed by atoms with Crippen molar-refractivity contribution in [2.75, 3.05) is 12.4 Å². The molecule has 1 atom stereocenters. The molecule has 108 valence electrons. The maximum atomic E-state index is 12.3. The van der Waals surface area contributed by atoms with E-state index in [0.29, 0.717) is 10.7 Å². The van der Waals surface area contributed by atoms with Crippen LogP contribution in [0.2, 0.25) is 0 Å². The number of thiocarbonyl (C=S) groups is 1. The molecule has 0 spiro atoms. The molecular weight excluding hydrogens is 284 g/mol. The van der Waals surface area contributed by atoms with E-state index >= 15 is 0 Å². The maximum absolute atomic E-state index is 12.3. The van der Waals surface area contributed by atoms with Crippen LogP contribution in [0.5, 0.6) is 0 Å². The van der Waals surface area contributed by atoms with Crippen LogP contribution in [0.3, 0.4) is 0 Å². The molecule has 0 aliphatic rings. The Labute approximate surface area is 128 Å². The van der Waals surface area contributed by atoms with Crippen molar-refractivity contribution < 1.29 is 9.53 Å². The molecule has 21 heavy (non-hydrogen) atoms. The van der Waals surface area contributed by atoms with Gasteiger partial charge in [0.05, 0.1) is 0 Å². The molecule has 0 aliphatic carbocycles. The van der Waals surface area contributed by atoms with E-state index in [-0.39, 0.29) is 5.91 Å². The van der Waals surface area contributed by atoms with Crippen molar-refractivity contribution in [3.05, 3.63) is 65.7 Å². The average molecular weight is 300 g/mol. The van der Waals surface area contributed by atoms with Crippen LogP contribution in [0, 0.1) is 0 Å². The summed E-state index contributed by atoms with van der Waals surface area (Å²) in [5, 5.41) is 2.81. The number of nitrogens with two attached hydrogens (primary N) is 1. The second-order valence-corrected chi connectivity index (χ2v) is 4.90. The fraction of sp³-hybridized carbons (Fsp3) is 0.125. The van der Waals surface area contributed by atoms with Crippen LogP contribution in [-0.4, -0.2) is 18.0 Å². The molecule has 2 aromatic carbocycles. The zero-order valence-corrected chi connectivity index (χ0v) is 12.4. The predicted molar refractivity (Wildman–Crippen MR) is 87.2 cm³/mol. The summed E-state index contributed by atoms with van der Waals surface area (Å²) in [6.45, 7) is 0. The molecule has 2 aromatic rings. The lowest BCUT2D eigenvalue weighted by Crippen LogP contribution is -2.22. The summed E-state index contributed by atoms with van der Waals surface area (Å²) in [5.41, 5.74) is 7.76. The number of benzene rings is 2. The van der Waals surface area contributed by atoms with Crippen LogP contribution >= 0.6 is 12.2 Å². The van der Waals surface area contributed by atoms with Gasteiger partial charge in [0.25, 0.3) is 5.91 Å². The number of methoxy groups -OCH3 is 1. The molecule has 0 bridgehead atoms. The third kappa shape index (κ3) is 3.87. The number of carbonyl (C=O) groups excluding carboxylic acids is 1. The molecule has 2 rings (SSSR count). The van der Waals surface area contributed by atoms with E-state index in [4.69, 9.17) is 22.7 Å². The van der Waals surface area contributed by atoms with Crippen LogP contribution in [0.1, 0.15) is 17.2 Å². The predicted octanol–water partition coefficient (Wildman–Crippen LogP) is 2.65. The van der Waals surface area contributed by atoms with Crippen molar-refractivity contribution in [2.24, 2.45) is 5.73 Å². The van der Waals surface area contributed by atoms with Gasteiger partial charge in [-0.1, -0.05) is 42.5 Å². The highest BCUT2D eigenvalue weighted by Gasteiger charge is 2.19. The molecule has 0 fully saturated rings. The highest BCUT2D eigenvalue weighted by atomic mass is 32.1. The Morgan fingerprint density at radius 1 is 1.14 bits per heavy atom. The fourth-order valence-electron chi connectivity index (χ4n) is 1.95. The van der Waals surface area contributed by atoms with Crippen LogP contribution in [0.25, 0.3) is 0 Å². The van der Waals surface area contributed by atoms with Gasteiger partial charge in [0.15, 0.2) is 6.10 Å². The first kappa shape index (κ1) is 15.2.